The fraction of sp³-hybridized carbons (Fsp3) is 0.526. The second-order valence-corrected chi connectivity index (χ2v) is 7.38. The number of carbonyl (C=O) groups excluding carboxylic acids is 3. The quantitative estimate of drug-likeness (QED) is 0.870. The summed E-state index contributed by atoms with van der Waals surface area (Å²) in [5.74, 6) is -0.128. The van der Waals surface area contributed by atoms with Crippen LogP contribution in [0.1, 0.15) is 31.1 Å². The zero-order valence-corrected chi connectivity index (χ0v) is 15.2. The maximum atomic E-state index is 12.2. The number of nitrogens with zero attached hydrogens (tertiary/aromatic N) is 2. The van der Waals surface area contributed by atoms with Crippen molar-refractivity contribution < 1.29 is 14.4 Å². The highest BCUT2D eigenvalue weighted by molar-refractivity contribution is 5.96. The van der Waals surface area contributed by atoms with Gasteiger partial charge in [-0.05, 0) is 12.1 Å². The van der Waals surface area contributed by atoms with Crippen LogP contribution in [0.15, 0.2) is 30.3 Å². The van der Waals surface area contributed by atoms with Crippen molar-refractivity contribution in [3.05, 3.63) is 35.9 Å². The van der Waals surface area contributed by atoms with E-state index in [1.165, 1.54) is 0 Å². The monoisotopic (exact) mass is 345 g/mol. The van der Waals surface area contributed by atoms with Crippen molar-refractivity contribution in [2.24, 2.45) is 5.41 Å². The summed E-state index contributed by atoms with van der Waals surface area (Å²) in [6, 6.07) is 8.84. The summed E-state index contributed by atoms with van der Waals surface area (Å²) in [7, 11) is 0. The molecule has 25 heavy (non-hydrogen) atoms. The van der Waals surface area contributed by atoms with E-state index in [-0.39, 0.29) is 29.6 Å². The van der Waals surface area contributed by atoms with Gasteiger partial charge in [-0.2, -0.15) is 0 Å². The predicted octanol–water partition coefficient (Wildman–Crippen LogP) is 1.18. The van der Waals surface area contributed by atoms with E-state index in [0.29, 0.717) is 38.3 Å². The minimum absolute atomic E-state index is 0.00531. The van der Waals surface area contributed by atoms with Crippen LogP contribution in [-0.2, 0) is 9.59 Å². The molecule has 0 atom stereocenters. The molecule has 1 N–H and O–H groups in total. The molecule has 0 saturated carbocycles. The van der Waals surface area contributed by atoms with Crippen LogP contribution in [-0.4, -0.2) is 66.7 Å². The van der Waals surface area contributed by atoms with Crippen molar-refractivity contribution in [3.8, 4) is 0 Å². The first-order chi connectivity index (χ1) is 11.8. The van der Waals surface area contributed by atoms with E-state index >= 15 is 0 Å². The summed E-state index contributed by atoms with van der Waals surface area (Å²) in [6.07, 6.45) is 0. The molecule has 6 nitrogen and oxygen atoms in total. The SMILES string of the molecule is CC(C)(C)C(=O)CN1CCN(C(=O)CNC(=O)c2ccccc2)CC1. The average molecular weight is 345 g/mol. The van der Waals surface area contributed by atoms with E-state index in [2.05, 4.69) is 10.2 Å². The van der Waals surface area contributed by atoms with Crippen LogP contribution < -0.4 is 5.32 Å². The van der Waals surface area contributed by atoms with E-state index < -0.39 is 0 Å². The second-order valence-electron chi connectivity index (χ2n) is 7.38. The number of Topliss-reactive ketones (excluding diaryl/α,β-unsaturated/α-hetero) is 1. The molecule has 1 aliphatic heterocycles. The molecule has 0 radical (unpaired) electrons. The molecule has 1 fully saturated rings. The molecule has 1 aromatic carbocycles. The van der Waals surface area contributed by atoms with Gasteiger partial charge in [0.2, 0.25) is 5.91 Å². The van der Waals surface area contributed by atoms with Gasteiger partial charge in [-0.25, -0.2) is 0 Å². The number of ketones is 1. The van der Waals surface area contributed by atoms with Gasteiger partial charge in [-0.1, -0.05) is 39.0 Å². The Morgan fingerprint density at radius 3 is 2.16 bits per heavy atom. The van der Waals surface area contributed by atoms with E-state index in [1.807, 2.05) is 26.8 Å². The van der Waals surface area contributed by atoms with E-state index in [9.17, 15) is 14.4 Å². The third-order valence-corrected chi connectivity index (χ3v) is 4.36. The first-order valence-electron chi connectivity index (χ1n) is 8.64. The van der Waals surface area contributed by atoms with Crippen molar-refractivity contribution in [3.63, 3.8) is 0 Å². The van der Waals surface area contributed by atoms with E-state index in [4.69, 9.17) is 0 Å². The Labute approximate surface area is 149 Å². The Balaban J connectivity index is 1.74. The fourth-order valence-corrected chi connectivity index (χ4v) is 2.55. The fourth-order valence-electron chi connectivity index (χ4n) is 2.55. The van der Waals surface area contributed by atoms with Gasteiger partial charge in [0.05, 0.1) is 13.1 Å². The summed E-state index contributed by atoms with van der Waals surface area (Å²) in [6.45, 7) is 8.71. The van der Waals surface area contributed by atoms with Crippen molar-refractivity contribution in [2.75, 3.05) is 39.3 Å². The van der Waals surface area contributed by atoms with Crippen LogP contribution in [0.4, 0.5) is 0 Å². The molecule has 0 spiro atoms. The molecule has 6 heteroatoms. The van der Waals surface area contributed by atoms with Crippen molar-refractivity contribution in [2.45, 2.75) is 20.8 Å². The summed E-state index contributed by atoms with van der Waals surface area (Å²) in [4.78, 5) is 40.1. The zero-order chi connectivity index (χ0) is 18.4. The zero-order valence-electron chi connectivity index (χ0n) is 15.2. The maximum Gasteiger partial charge on any atom is 0.251 e. The molecule has 2 amide bonds. The van der Waals surface area contributed by atoms with Gasteiger partial charge in [-0.15, -0.1) is 0 Å². The summed E-state index contributed by atoms with van der Waals surface area (Å²) >= 11 is 0. The molecule has 1 aromatic rings. The number of rotatable bonds is 5. The highest BCUT2D eigenvalue weighted by Crippen LogP contribution is 2.15. The molecule has 0 bridgehead atoms. The van der Waals surface area contributed by atoms with Gasteiger partial charge < -0.3 is 10.2 Å². The molecule has 0 aliphatic carbocycles. The van der Waals surface area contributed by atoms with Gasteiger partial charge in [0, 0.05) is 37.2 Å². The standard InChI is InChI=1S/C19H27N3O3/c1-19(2,3)16(23)14-21-9-11-22(12-10-21)17(24)13-20-18(25)15-7-5-4-6-8-15/h4-8H,9-14H2,1-3H3,(H,20,25). The molecule has 0 unspecified atom stereocenters. The van der Waals surface area contributed by atoms with Crippen LogP contribution >= 0.6 is 0 Å². The van der Waals surface area contributed by atoms with E-state index in [0.717, 1.165) is 0 Å². The smallest absolute Gasteiger partial charge is 0.251 e. The Hall–Kier alpha value is -2.21. The van der Waals surface area contributed by atoms with Gasteiger partial charge in [0.15, 0.2) is 5.78 Å². The third-order valence-electron chi connectivity index (χ3n) is 4.36. The highest BCUT2D eigenvalue weighted by atomic mass is 16.2. The summed E-state index contributed by atoms with van der Waals surface area (Å²) < 4.78 is 0. The third kappa shape index (κ3) is 5.67. The largest absolute Gasteiger partial charge is 0.343 e. The summed E-state index contributed by atoms with van der Waals surface area (Å²) in [5.41, 5.74) is 0.204. The van der Waals surface area contributed by atoms with Gasteiger partial charge >= 0.3 is 0 Å². The lowest BCUT2D eigenvalue weighted by atomic mass is 9.90. The number of hydrogen-bond donors (Lipinski definition) is 1. The lowest BCUT2D eigenvalue weighted by Gasteiger charge is -2.35. The lowest BCUT2D eigenvalue weighted by molar-refractivity contribution is -0.132. The molecule has 2 rings (SSSR count). The van der Waals surface area contributed by atoms with Crippen molar-refractivity contribution >= 4 is 17.6 Å². The van der Waals surface area contributed by atoms with Gasteiger partial charge in [0.1, 0.15) is 0 Å². The molecule has 1 heterocycles. The minimum atomic E-state index is -0.339. The van der Waals surface area contributed by atoms with E-state index in [1.54, 1.807) is 29.2 Å². The Morgan fingerprint density at radius 1 is 1.00 bits per heavy atom. The average Bonchev–Trinajstić information content (AvgIpc) is 2.60. The Kier molecular flexibility index (Phi) is 6.31. The van der Waals surface area contributed by atoms with Crippen LogP contribution in [0.25, 0.3) is 0 Å². The van der Waals surface area contributed by atoms with Crippen LogP contribution in [0.3, 0.4) is 0 Å². The molecule has 1 aliphatic rings. The molecular formula is C19H27N3O3. The molecule has 136 valence electrons. The number of amides is 2. The van der Waals surface area contributed by atoms with Crippen molar-refractivity contribution in [1.82, 2.24) is 15.1 Å². The van der Waals surface area contributed by atoms with Crippen LogP contribution in [0.2, 0.25) is 0 Å². The van der Waals surface area contributed by atoms with Crippen molar-refractivity contribution in [1.29, 1.82) is 0 Å². The molecule has 1 saturated heterocycles. The molecular weight excluding hydrogens is 318 g/mol. The topological polar surface area (TPSA) is 69.7 Å². The second kappa shape index (κ2) is 8.25. The number of hydrogen-bond acceptors (Lipinski definition) is 4. The maximum absolute atomic E-state index is 12.2. The first-order valence-corrected chi connectivity index (χ1v) is 8.64. The van der Waals surface area contributed by atoms with Gasteiger partial charge in [-0.3, -0.25) is 19.3 Å². The number of nitrogens with one attached hydrogen (secondary N) is 1. The highest BCUT2D eigenvalue weighted by Gasteiger charge is 2.27. The lowest BCUT2D eigenvalue weighted by Crippen LogP contribution is -2.52. The first kappa shape index (κ1) is 19.1. The number of piperazine rings is 1. The normalized spacial score (nSPS) is 15.7. The Morgan fingerprint density at radius 2 is 1.60 bits per heavy atom. The van der Waals surface area contributed by atoms with Crippen LogP contribution in [0, 0.1) is 5.41 Å². The number of carbonyl (C=O) groups is 3. The van der Waals surface area contributed by atoms with Gasteiger partial charge in [0.25, 0.3) is 5.91 Å². The Bertz CT molecular complexity index is 615. The predicted molar refractivity (Wildman–Crippen MR) is 96.3 cm³/mol. The summed E-state index contributed by atoms with van der Waals surface area (Å²) in [5, 5.41) is 2.66. The molecule has 0 aromatic heterocycles. The number of benzene rings is 1. The minimum Gasteiger partial charge on any atom is -0.343 e. The van der Waals surface area contributed by atoms with Crippen LogP contribution in [0.5, 0.6) is 0 Å².